The van der Waals surface area contributed by atoms with E-state index in [1.54, 1.807) is 19.2 Å². The molecule has 2 aromatic rings. The van der Waals surface area contributed by atoms with Crippen molar-refractivity contribution in [1.82, 2.24) is 0 Å². The lowest BCUT2D eigenvalue weighted by Gasteiger charge is -2.08. The molecule has 0 aliphatic rings. The van der Waals surface area contributed by atoms with E-state index < -0.39 is 0 Å². The first-order valence-electron chi connectivity index (χ1n) is 7.14. The number of esters is 1. The molecule has 0 radical (unpaired) electrons. The molecule has 0 atom stereocenters. The molecule has 0 bridgehead atoms. The monoisotopic (exact) mass is 284 g/mol. The molecular weight excluding hydrogens is 264 g/mol. The number of hydrogen-bond donors (Lipinski definition) is 0. The molecule has 0 saturated carbocycles. The van der Waals surface area contributed by atoms with Crippen molar-refractivity contribution in [3.63, 3.8) is 0 Å². The van der Waals surface area contributed by atoms with Crippen LogP contribution in [0.2, 0.25) is 0 Å². The Kier molecular flexibility index (Phi) is 5.38. The summed E-state index contributed by atoms with van der Waals surface area (Å²) >= 11 is 0. The minimum Gasteiger partial charge on any atom is -0.493 e. The molecule has 2 aromatic carbocycles. The van der Waals surface area contributed by atoms with E-state index >= 15 is 0 Å². The third-order valence-electron chi connectivity index (χ3n) is 3.34. The molecule has 3 nitrogen and oxygen atoms in total. The minimum absolute atomic E-state index is 0.251. The zero-order chi connectivity index (χ0) is 15.1. The van der Waals surface area contributed by atoms with Gasteiger partial charge in [-0.2, -0.15) is 0 Å². The maximum absolute atomic E-state index is 11.9. The lowest BCUT2D eigenvalue weighted by atomic mass is 10.1. The van der Waals surface area contributed by atoms with Gasteiger partial charge in [0.05, 0.1) is 7.11 Å². The second kappa shape index (κ2) is 7.48. The fourth-order valence-electron chi connectivity index (χ4n) is 2.06. The van der Waals surface area contributed by atoms with Gasteiger partial charge in [-0.25, -0.2) is 0 Å². The molecule has 2 rings (SSSR count). The molecule has 0 N–H and O–H groups in total. The highest BCUT2D eigenvalue weighted by Gasteiger charge is 2.09. The molecule has 0 heterocycles. The molecule has 0 aliphatic heterocycles. The van der Waals surface area contributed by atoms with E-state index in [1.807, 2.05) is 12.1 Å². The fourth-order valence-corrected chi connectivity index (χ4v) is 2.06. The van der Waals surface area contributed by atoms with E-state index in [-0.39, 0.29) is 5.97 Å². The lowest BCUT2D eigenvalue weighted by molar-refractivity contribution is -0.134. The van der Waals surface area contributed by atoms with Crippen LogP contribution in [0.5, 0.6) is 11.5 Å². The molecule has 0 saturated heterocycles. The highest BCUT2D eigenvalue weighted by molar-refractivity contribution is 5.73. The lowest BCUT2D eigenvalue weighted by Crippen LogP contribution is -2.09. The predicted octanol–water partition coefficient (Wildman–Crippen LogP) is 3.80. The van der Waals surface area contributed by atoms with E-state index in [2.05, 4.69) is 31.2 Å². The Morgan fingerprint density at radius 3 is 2.19 bits per heavy atom. The van der Waals surface area contributed by atoms with Crippen molar-refractivity contribution in [3.05, 3.63) is 59.7 Å². The van der Waals surface area contributed by atoms with Gasteiger partial charge >= 0.3 is 5.97 Å². The number of carbonyl (C=O) groups excluding carboxylic acids is 1. The van der Waals surface area contributed by atoms with Crippen molar-refractivity contribution < 1.29 is 14.3 Å². The number of para-hydroxylation sites is 2. The SMILES string of the molecule is CCc1ccc(CCC(=O)Oc2ccccc2OC)cc1. The largest absolute Gasteiger partial charge is 0.493 e. The summed E-state index contributed by atoms with van der Waals surface area (Å²) in [6.07, 6.45) is 2.05. The van der Waals surface area contributed by atoms with Crippen molar-refractivity contribution in [3.8, 4) is 11.5 Å². The second-order valence-corrected chi connectivity index (χ2v) is 4.79. The Morgan fingerprint density at radius 1 is 0.952 bits per heavy atom. The van der Waals surface area contributed by atoms with Gasteiger partial charge in [-0.1, -0.05) is 43.3 Å². The zero-order valence-corrected chi connectivity index (χ0v) is 12.5. The number of benzene rings is 2. The van der Waals surface area contributed by atoms with Crippen molar-refractivity contribution in [2.75, 3.05) is 7.11 Å². The molecule has 0 unspecified atom stereocenters. The summed E-state index contributed by atoms with van der Waals surface area (Å²) in [5.41, 5.74) is 2.44. The van der Waals surface area contributed by atoms with Gasteiger partial charge in [-0.05, 0) is 36.1 Å². The van der Waals surface area contributed by atoms with E-state index in [1.165, 1.54) is 5.56 Å². The Labute approximate surface area is 125 Å². The maximum Gasteiger partial charge on any atom is 0.311 e. The van der Waals surface area contributed by atoms with Crippen LogP contribution >= 0.6 is 0 Å². The summed E-state index contributed by atoms with van der Waals surface area (Å²) in [5, 5.41) is 0. The summed E-state index contributed by atoms with van der Waals surface area (Å²) in [4.78, 5) is 11.9. The van der Waals surface area contributed by atoms with Crippen LogP contribution in [0.4, 0.5) is 0 Å². The van der Waals surface area contributed by atoms with Crippen LogP contribution in [-0.2, 0) is 17.6 Å². The third kappa shape index (κ3) is 4.35. The van der Waals surface area contributed by atoms with Gasteiger partial charge in [0.15, 0.2) is 11.5 Å². The second-order valence-electron chi connectivity index (χ2n) is 4.79. The normalized spacial score (nSPS) is 10.2. The molecule has 21 heavy (non-hydrogen) atoms. The van der Waals surface area contributed by atoms with Gasteiger partial charge in [-0.15, -0.1) is 0 Å². The van der Waals surface area contributed by atoms with Crippen LogP contribution in [0.3, 0.4) is 0 Å². The highest BCUT2D eigenvalue weighted by atomic mass is 16.6. The predicted molar refractivity (Wildman–Crippen MR) is 82.8 cm³/mol. The molecule has 0 aliphatic carbocycles. The first-order chi connectivity index (χ1) is 10.2. The number of aryl methyl sites for hydroxylation is 2. The minimum atomic E-state index is -0.251. The number of rotatable bonds is 6. The maximum atomic E-state index is 11.9. The molecule has 110 valence electrons. The Bertz CT molecular complexity index is 588. The number of methoxy groups -OCH3 is 1. The Hall–Kier alpha value is -2.29. The first kappa shape index (κ1) is 15.1. The topological polar surface area (TPSA) is 35.5 Å². The van der Waals surface area contributed by atoms with Crippen molar-refractivity contribution in [1.29, 1.82) is 0 Å². The quantitative estimate of drug-likeness (QED) is 0.598. The third-order valence-corrected chi connectivity index (χ3v) is 3.34. The van der Waals surface area contributed by atoms with E-state index in [4.69, 9.17) is 9.47 Å². The van der Waals surface area contributed by atoms with Gasteiger partial charge in [0.2, 0.25) is 0 Å². The highest BCUT2D eigenvalue weighted by Crippen LogP contribution is 2.26. The van der Waals surface area contributed by atoms with Gasteiger partial charge in [0.25, 0.3) is 0 Å². The summed E-state index contributed by atoms with van der Waals surface area (Å²) < 4.78 is 10.5. The standard InChI is InChI=1S/C18H20O3/c1-3-14-8-10-15(11-9-14)12-13-18(19)21-17-7-5-4-6-16(17)20-2/h4-11H,3,12-13H2,1-2H3. The number of ether oxygens (including phenoxy) is 2. The molecule has 3 heteroatoms. The molecule has 0 aromatic heterocycles. The molecule has 0 amide bonds. The molecular formula is C18H20O3. The Balaban J connectivity index is 1.89. The average molecular weight is 284 g/mol. The molecule has 0 spiro atoms. The number of carbonyl (C=O) groups is 1. The average Bonchev–Trinajstić information content (AvgIpc) is 2.54. The van der Waals surface area contributed by atoms with Crippen LogP contribution in [0.15, 0.2) is 48.5 Å². The van der Waals surface area contributed by atoms with Crippen LogP contribution in [0.1, 0.15) is 24.5 Å². The van der Waals surface area contributed by atoms with Gasteiger partial charge in [0.1, 0.15) is 0 Å². The van der Waals surface area contributed by atoms with Crippen LogP contribution in [0, 0.1) is 0 Å². The Morgan fingerprint density at radius 2 is 1.57 bits per heavy atom. The first-order valence-corrected chi connectivity index (χ1v) is 7.14. The van der Waals surface area contributed by atoms with Crippen molar-refractivity contribution >= 4 is 5.97 Å². The smallest absolute Gasteiger partial charge is 0.311 e. The number of hydrogen-bond acceptors (Lipinski definition) is 3. The van der Waals surface area contributed by atoms with Crippen LogP contribution in [0.25, 0.3) is 0 Å². The molecule has 0 fully saturated rings. The zero-order valence-electron chi connectivity index (χ0n) is 12.5. The van der Waals surface area contributed by atoms with E-state index in [0.29, 0.717) is 24.3 Å². The van der Waals surface area contributed by atoms with Crippen molar-refractivity contribution in [2.45, 2.75) is 26.2 Å². The van der Waals surface area contributed by atoms with Crippen LogP contribution < -0.4 is 9.47 Å². The van der Waals surface area contributed by atoms with Gasteiger partial charge in [-0.3, -0.25) is 4.79 Å². The fraction of sp³-hybridized carbons (Fsp3) is 0.278. The van der Waals surface area contributed by atoms with Crippen molar-refractivity contribution in [2.24, 2.45) is 0 Å². The summed E-state index contributed by atoms with van der Waals surface area (Å²) in [6.45, 7) is 2.12. The van der Waals surface area contributed by atoms with Crippen LogP contribution in [-0.4, -0.2) is 13.1 Å². The van der Waals surface area contributed by atoms with E-state index in [0.717, 1.165) is 12.0 Å². The van der Waals surface area contributed by atoms with Gasteiger partial charge in [0, 0.05) is 6.42 Å². The summed E-state index contributed by atoms with van der Waals surface area (Å²) in [6, 6.07) is 15.5. The van der Waals surface area contributed by atoms with Gasteiger partial charge < -0.3 is 9.47 Å². The summed E-state index contributed by atoms with van der Waals surface area (Å²) in [5.74, 6) is 0.781. The summed E-state index contributed by atoms with van der Waals surface area (Å²) in [7, 11) is 1.56. The van der Waals surface area contributed by atoms with E-state index in [9.17, 15) is 4.79 Å².